The zero-order valence-electron chi connectivity index (χ0n) is 12.6. The van der Waals surface area contributed by atoms with Crippen LogP contribution in [0.1, 0.15) is 37.7 Å². The SMILES string of the molecule is CN(CCc1cn[nH]c1)C(=O)CCC1CCCCN1C. The minimum absolute atomic E-state index is 0.257. The number of rotatable bonds is 6. The number of carbonyl (C=O) groups is 1. The van der Waals surface area contributed by atoms with E-state index in [1.807, 2.05) is 24.3 Å². The zero-order valence-corrected chi connectivity index (χ0v) is 12.6. The van der Waals surface area contributed by atoms with E-state index in [0.717, 1.165) is 24.9 Å². The first-order chi connectivity index (χ1) is 9.66. The number of aromatic amines is 1. The maximum Gasteiger partial charge on any atom is 0.222 e. The molecule has 1 aliphatic heterocycles. The largest absolute Gasteiger partial charge is 0.345 e. The Morgan fingerprint density at radius 2 is 2.40 bits per heavy atom. The van der Waals surface area contributed by atoms with Crippen molar-refractivity contribution in [3.63, 3.8) is 0 Å². The maximum atomic E-state index is 12.1. The fourth-order valence-electron chi connectivity index (χ4n) is 2.83. The van der Waals surface area contributed by atoms with E-state index in [2.05, 4.69) is 22.1 Å². The second-order valence-electron chi connectivity index (χ2n) is 5.84. The summed E-state index contributed by atoms with van der Waals surface area (Å²) in [7, 11) is 4.07. The van der Waals surface area contributed by atoms with E-state index in [4.69, 9.17) is 0 Å². The molecular formula is C15H26N4O. The van der Waals surface area contributed by atoms with Gasteiger partial charge in [-0.1, -0.05) is 6.42 Å². The lowest BCUT2D eigenvalue weighted by Crippen LogP contribution is -2.37. The maximum absolute atomic E-state index is 12.1. The zero-order chi connectivity index (χ0) is 14.4. The third-order valence-corrected chi connectivity index (χ3v) is 4.33. The first-order valence-electron chi connectivity index (χ1n) is 7.58. The van der Waals surface area contributed by atoms with Gasteiger partial charge in [0.25, 0.3) is 0 Å². The van der Waals surface area contributed by atoms with Crippen molar-refractivity contribution in [1.29, 1.82) is 0 Å². The van der Waals surface area contributed by atoms with Gasteiger partial charge in [0.2, 0.25) is 5.91 Å². The third-order valence-electron chi connectivity index (χ3n) is 4.33. The fraction of sp³-hybridized carbons (Fsp3) is 0.733. The Labute approximate surface area is 121 Å². The molecule has 1 amide bonds. The lowest BCUT2D eigenvalue weighted by atomic mass is 9.98. The van der Waals surface area contributed by atoms with Gasteiger partial charge in [0.05, 0.1) is 6.20 Å². The van der Waals surface area contributed by atoms with Crippen LogP contribution in [0.5, 0.6) is 0 Å². The Balaban J connectivity index is 1.68. The molecule has 1 fully saturated rings. The molecule has 5 heteroatoms. The van der Waals surface area contributed by atoms with Crippen molar-refractivity contribution in [3.8, 4) is 0 Å². The van der Waals surface area contributed by atoms with E-state index in [1.165, 1.54) is 25.8 Å². The number of nitrogens with zero attached hydrogens (tertiary/aromatic N) is 3. The topological polar surface area (TPSA) is 52.2 Å². The van der Waals surface area contributed by atoms with Crippen LogP contribution in [-0.2, 0) is 11.2 Å². The summed E-state index contributed by atoms with van der Waals surface area (Å²) in [6.07, 6.45) is 10.1. The van der Waals surface area contributed by atoms with Crippen molar-refractivity contribution in [3.05, 3.63) is 18.0 Å². The van der Waals surface area contributed by atoms with E-state index in [9.17, 15) is 4.79 Å². The Hall–Kier alpha value is -1.36. The summed E-state index contributed by atoms with van der Waals surface area (Å²) in [6, 6.07) is 0.593. The van der Waals surface area contributed by atoms with Gasteiger partial charge in [-0.15, -0.1) is 0 Å². The second-order valence-corrected chi connectivity index (χ2v) is 5.84. The van der Waals surface area contributed by atoms with Gasteiger partial charge in [-0.25, -0.2) is 0 Å². The highest BCUT2D eigenvalue weighted by molar-refractivity contribution is 5.75. The number of hydrogen-bond acceptors (Lipinski definition) is 3. The summed E-state index contributed by atoms with van der Waals surface area (Å²) in [5, 5.41) is 6.71. The number of aromatic nitrogens is 2. The van der Waals surface area contributed by atoms with Crippen molar-refractivity contribution in [2.75, 3.05) is 27.2 Å². The molecule has 1 saturated heterocycles. The fourth-order valence-corrected chi connectivity index (χ4v) is 2.83. The van der Waals surface area contributed by atoms with Crippen LogP contribution in [0, 0.1) is 0 Å². The highest BCUT2D eigenvalue weighted by Gasteiger charge is 2.20. The predicted octanol–water partition coefficient (Wildman–Crippen LogP) is 1.68. The predicted molar refractivity (Wildman–Crippen MR) is 79.4 cm³/mol. The normalized spacial score (nSPS) is 20.0. The molecule has 0 bridgehead atoms. The van der Waals surface area contributed by atoms with Gasteiger partial charge < -0.3 is 9.80 Å². The Morgan fingerprint density at radius 3 is 3.10 bits per heavy atom. The quantitative estimate of drug-likeness (QED) is 0.861. The lowest BCUT2D eigenvalue weighted by molar-refractivity contribution is -0.130. The third kappa shape index (κ3) is 4.34. The molecule has 1 N–H and O–H groups in total. The molecule has 0 spiro atoms. The van der Waals surface area contributed by atoms with Crippen LogP contribution < -0.4 is 0 Å². The molecule has 0 radical (unpaired) electrons. The average Bonchev–Trinajstić information content (AvgIpc) is 2.97. The van der Waals surface area contributed by atoms with Crippen LogP contribution >= 0.6 is 0 Å². The van der Waals surface area contributed by atoms with Crippen LogP contribution in [0.4, 0.5) is 0 Å². The first-order valence-corrected chi connectivity index (χ1v) is 7.58. The number of likely N-dealkylation sites (tertiary alicyclic amines) is 1. The summed E-state index contributed by atoms with van der Waals surface area (Å²) < 4.78 is 0. The average molecular weight is 278 g/mol. The molecule has 1 atom stereocenters. The van der Waals surface area contributed by atoms with Crippen LogP contribution in [0.25, 0.3) is 0 Å². The number of nitrogens with one attached hydrogen (secondary N) is 1. The first kappa shape index (κ1) is 15.0. The van der Waals surface area contributed by atoms with Crippen molar-refractivity contribution in [2.45, 2.75) is 44.6 Å². The molecule has 1 aromatic rings. The molecule has 2 heterocycles. The van der Waals surface area contributed by atoms with Gasteiger partial charge in [0.1, 0.15) is 0 Å². The number of amides is 1. The summed E-state index contributed by atoms with van der Waals surface area (Å²) in [5.74, 6) is 0.257. The Kier molecular flexibility index (Phi) is 5.59. The molecule has 1 aromatic heterocycles. The molecule has 112 valence electrons. The van der Waals surface area contributed by atoms with Crippen LogP contribution in [-0.4, -0.2) is 59.1 Å². The molecule has 0 aliphatic carbocycles. The van der Waals surface area contributed by atoms with Gasteiger partial charge >= 0.3 is 0 Å². The van der Waals surface area contributed by atoms with Crippen LogP contribution in [0.3, 0.4) is 0 Å². The number of likely N-dealkylation sites (N-methyl/N-ethyl adjacent to an activating group) is 1. The molecular weight excluding hydrogens is 252 g/mol. The van der Waals surface area contributed by atoms with Gasteiger partial charge in [-0.2, -0.15) is 5.10 Å². The van der Waals surface area contributed by atoms with Crippen molar-refractivity contribution in [2.24, 2.45) is 0 Å². The minimum atomic E-state index is 0.257. The van der Waals surface area contributed by atoms with Crippen molar-refractivity contribution in [1.82, 2.24) is 20.0 Å². The number of hydrogen-bond donors (Lipinski definition) is 1. The molecule has 20 heavy (non-hydrogen) atoms. The van der Waals surface area contributed by atoms with E-state index in [-0.39, 0.29) is 5.91 Å². The van der Waals surface area contributed by atoms with Gasteiger partial charge in [-0.3, -0.25) is 9.89 Å². The van der Waals surface area contributed by atoms with Crippen molar-refractivity contribution >= 4 is 5.91 Å². The van der Waals surface area contributed by atoms with E-state index in [0.29, 0.717) is 12.5 Å². The smallest absolute Gasteiger partial charge is 0.222 e. The molecule has 0 saturated carbocycles. The van der Waals surface area contributed by atoms with Gasteiger partial charge in [0.15, 0.2) is 0 Å². The number of H-pyrrole nitrogens is 1. The van der Waals surface area contributed by atoms with Gasteiger partial charge in [-0.05, 0) is 44.8 Å². The van der Waals surface area contributed by atoms with E-state index >= 15 is 0 Å². The molecule has 5 nitrogen and oxygen atoms in total. The summed E-state index contributed by atoms with van der Waals surface area (Å²) in [4.78, 5) is 16.4. The highest BCUT2D eigenvalue weighted by atomic mass is 16.2. The summed E-state index contributed by atoms with van der Waals surface area (Å²) in [6.45, 7) is 1.94. The van der Waals surface area contributed by atoms with Crippen LogP contribution in [0.2, 0.25) is 0 Å². The Bertz CT molecular complexity index is 404. The van der Waals surface area contributed by atoms with E-state index < -0.39 is 0 Å². The van der Waals surface area contributed by atoms with E-state index in [1.54, 1.807) is 0 Å². The van der Waals surface area contributed by atoms with Gasteiger partial charge in [0, 0.05) is 32.3 Å². The highest BCUT2D eigenvalue weighted by Crippen LogP contribution is 2.19. The van der Waals surface area contributed by atoms with Crippen LogP contribution in [0.15, 0.2) is 12.4 Å². The molecule has 1 aliphatic rings. The Morgan fingerprint density at radius 1 is 1.55 bits per heavy atom. The minimum Gasteiger partial charge on any atom is -0.345 e. The lowest BCUT2D eigenvalue weighted by Gasteiger charge is -2.32. The molecule has 2 rings (SSSR count). The van der Waals surface area contributed by atoms with Crippen molar-refractivity contribution < 1.29 is 4.79 Å². The summed E-state index contributed by atoms with van der Waals surface area (Å²) in [5.41, 5.74) is 1.15. The monoisotopic (exact) mass is 278 g/mol. The molecule has 1 unspecified atom stereocenters. The second kappa shape index (κ2) is 7.43. The summed E-state index contributed by atoms with van der Waals surface area (Å²) >= 11 is 0. The molecule has 0 aromatic carbocycles. The number of carbonyl (C=O) groups excluding carboxylic acids is 1. The number of piperidine rings is 1. The standard InChI is InChI=1S/C15H26N4O/c1-18-9-4-3-5-14(18)6-7-15(20)19(2)10-8-13-11-16-17-12-13/h11-12,14H,3-10H2,1-2H3,(H,16,17).